The SMILES string of the molecule is CN(C)C1CCN(C(=O)Cc2ccc(NS(=O)(=O)c3cccs3)cc2)CC1. The predicted molar refractivity (Wildman–Crippen MR) is 109 cm³/mol. The van der Waals surface area contributed by atoms with Gasteiger partial charge in [-0.3, -0.25) is 9.52 Å². The molecule has 0 spiro atoms. The maximum absolute atomic E-state index is 12.5. The summed E-state index contributed by atoms with van der Waals surface area (Å²) < 4.78 is 27.3. The van der Waals surface area contributed by atoms with Crippen LogP contribution in [0.4, 0.5) is 5.69 Å². The number of likely N-dealkylation sites (tertiary alicyclic amines) is 1. The lowest BCUT2D eigenvalue weighted by Crippen LogP contribution is -2.44. The van der Waals surface area contributed by atoms with Crippen molar-refractivity contribution in [1.29, 1.82) is 0 Å². The van der Waals surface area contributed by atoms with Crippen molar-refractivity contribution >= 4 is 33.0 Å². The average molecular weight is 408 g/mol. The Morgan fingerprint density at radius 3 is 2.41 bits per heavy atom. The van der Waals surface area contributed by atoms with Crippen molar-refractivity contribution < 1.29 is 13.2 Å². The van der Waals surface area contributed by atoms with Gasteiger partial charge in [0.1, 0.15) is 4.21 Å². The Morgan fingerprint density at radius 2 is 1.85 bits per heavy atom. The molecule has 0 radical (unpaired) electrons. The number of rotatable bonds is 6. The fourth-order valence-corrected chi connectivity index (χ4v) is 5.28. The van der Waals surface area contributed by atoms with Crippen LogP contribution in [0.2, 0.25) is 0 Å². The Hall–Kier alpha value is -1.90. The van der Waals surface area contributed by atoms with Crippen molar-refractivity contribution in [1.82, 2.24) is 9.80 Å². The van der Waals surface area contributed by atoms with E-state index in [1.807, 2.05) is 4.90 Å². The molecule has 1 aromatic heterocycles. The van der Waals surface area contributed by atoms with Crippen LogP contribution in [0.1, 0.15) is 18.4 Å². The van der Waals surface area contributed by atoms with Crippen molar-refractivity contribution in [2.24, 2.45) is 0 Å². The first-order valence-corrected chi connectivity index (χ1v) is 11.3. The van der Waals surface area contributed by atoms with Gasteiger partial charge in [0, 0.05) is 24.8 Å². The molecule has 3 rings (SSSR count). The zero-order chi connectivity index (χ0) is 19.4. The number of piperidine rings is 1. The minimum absolute atomic E-state index is 0.124. The van der Waals surface area contributed by atoms with Crippen LogP contribution in [-0.4, -0.2) is 57.4 Å². The number of benzene rings is 1. The predicted octanol–water partition coefficient (Wildman–Crippen LogP) is 2.64. The van der Waals surface area contributed by atoms with Crippen LogP contribution in [0.25, 0.3) is 0 Å². The summed E-state index contributed by atoms with van der Waals surface area (Å²) in [7, 11) is 0.614. The number of hydrogen-bond acceptors (Lipinski definition) is 5. The molecular formula is C19H25N3O3S2. The normalized spacial score (nSPS) is 15.9. The van der Waals surface area contributed by atoms with E-state index in [-0.39, 0.29) is 10.1 Å². The third-order valence-electron chi connectivity index (χ3n) is 4.87. The lowest BCUT2D eigenvalue weighted by molar-refractivity contribution is -0.131. The van der Waals surface area contributed by atoms with Crippen molar-refractivity contribution in [3.8, 4) is 0 Å². The maximum Gasteiger partial charge on any atom is 0.271 e. The summed E-state index contributed by atoms with van der Waals surface area (Å²) in [6.45, 7) is 1.58. The van der Waals surface area contributed by atoms with E-state index in [2.05, 4.69) is 23.7 Å². The molecule has 1 aliphatic heterocycles. The van der Waals surface area contributed by atoms with Gasteiger partial charge in [-0.15, -0.1) is 11.3 Å². The molecule has 2 heterocycles. The number of carbonyl (C=O) groups excluding carboxylic acids is 1. The molecule has 146 valence electrons. The highest BCUT2D eigenvalue weighted by molar-refractivity contribution is 7.94. The molecule has 8 heteroatoms. The molecular weight excluding hydrogens is 382 g/mol. The first kappa shape index (κ1) is 19.9. The summed E-state index contributed by atoms with van der Waals surface area (Å²) in [5.74, 6) is 0.124. The number of carbonyl (C=O) groups is 1. The average Bonchev–Trinajstić information content (AvgIpc) is 3.19. The lowest BCUT2D eigenvalue weighted by Gasteiger charge is -2.35. The summed E-state index contributed by atoms with van der Waals surface area (Å²) >= 11 is 1.17. The zero-order valence-electron chi connectivity index (χ0n) is 15.6. The molecule has 0 unspecified atom stereocenters. The smallest absolute Gasteiger partial charge is 0.271 e. The molecule has 1 fully saturated rings. The standard InChI is InChI=1S/C19H25N3O3S2/c1-21(2)17-9-11-22(12-10-17)18(23)14-15-5-7-16(8-6-15)20-27(24,25)19-4-3-13-26-19/h3-8,13,17,20H,9-12,14H2,1-2H3. The van der Waals surface area contributed by atoms with E-state index in [0.29, 0.717) is 18.2 Å². The zero-order valence-corrected chi connectivity index (χ0v) is 17.2. The third-order valence-corrected chi connectivity index (χ3v) is 7.65. The first-order valence-electron chi connectivity index (χ1n) is 8.94. The van der Waals surface area contributed by atoms with Gasteiger partial charge in [0.2, 0.25) is 5.91 Å². The van der Waals surface area contributed by atoms with Crippen LogP contribution in [-0.2, 0) is 21.2 Å². The summed E-state index contributed by atoms with van der Waals surface area (Å²) in [4.78, 5) is 16.7. The minimum Gasteiger partial charge on any atom is -0.342 e. The second-order valence-corrected chi connectivity index (χ2v) is 9.84. The van der Waals surface area contributed by atoms with E-state index in [0.717, 1.165) is 31.5 Å². The molecule has 1 aliphatic rings. The van der Waals surface area contributed by atoms with Gasteiger partial charge in [0.15, 0.2) is 0 Å². The maximum atomic E-state index is 12.5. The number of hydrogen-bond donors (Lipinski definition) is 1. The van der Waals surface area contributed by atoms with Gasteiger partial charge in [-0.05, 0) is 56.1 Å². The van der Waals surface area contributed by atoms with Crippen molar-refractivity contribution in [3.05, 3.63) is 47.3 Å². The molecule has 27 heavy (non-hydrogen) atoms. The highest BCUT2D eigenvalue weighted by Gasteiger charge is 2.23. The summed E-state index contributed by atoms with van der Waals surface area (Å²) in [5, 5.41) is 1.73. The molecule has 1 amide bonds. The van der Waals surface area contributed by atoms with Gasteiger partial charge >= 0.3 is 0 Å². The van der Waals surface area contributed by atoms with E-state index in [1.54, 1.807) is 41.8 Å². The van der Waals surface area contributed by atoms with Crippen LogP contribution in [0.3, 0.4) is 0 Å². The van der Waals surface area contributed by atoms with Crippen LogP contribution in [0.15, 0.2) is 46.0 Å². The van der Waals surface area contributed by atoms with Crippen molar-refractivity contribution in [2.75, 3.05) is 31.9 Å². The van der Waals surface area contributed by atoms with Gasteiger partial charge in [0.25, 0.3) is 10.0 Å². The van der Waals surface area contributed by atoms with Crippen LogP contribution in [0.5, 0.6) is 0 Å². The van der Waals surface area contributed by atoms with Crippen LogP contribution in [0, 0.1) is 0 Å². The molecule has 2 aromatic rings. The molecule has 0 aliphatic carbocycles. The Morgan fingerprint density at radius 1 is 1.19 bits per heavy atom. The van der Waals surface area contributed by atoms with Gasteiger partial charge in [0.05, 0.1) is 6.42 Å². The fraction of sp³-hybridized carbons (Fsp3) is 0.421. The van der Waals surface area contributed by atoms with Crippen LogP contribution >= 0.6 is 11.3 Å². The van der Waals surface area contributed by atoms with Crippen molar-refractivity contribution in [2.45, 2.75) is 29.5 Å². The minimum atomic E-state index is -3.55. The van der Waals surface area contributed by atoms with Gasteiger partial charge in [-0.25, -0.2) is 8.42 Å². The molecule has 6 nitrogen and oxygen atoms in total. The summed E-state index contributed by atoms with van der Waals surface area (Å²) in [5.41, 5.74) is 1.38. The number of amides is 1. The molecule has 1 aromatic carbocycles. The molecule has 1 saturated heterocycles. The van der Waals surface area contributed by atoms with Crippen LogP contribution < -0.4 is 4.72 Å². The largest absolute Gasteiger partial charge is 0.342 e. The molecule has 0 saturated carbocycles. The van der Waals surface area contributed by atoms with E-state index < -0.39 is 10.0 Å². The molecule has 1 N–H and O–H groups in total. The monoisotopic (exact) mass is 407 g/mol. The van der Waals surface area contributed by atoms with E-state index in [1.165, 1.54) is 11.3 Å². The quantitative estimate of drug-likeness (QED) is 0.799. The Kier molecular flexibility index (Phi) is 6.18. The lowest BCUT2D eigenvalue weighted by atomic mass is 10.0. The Balaban J connectivity index is 1.56. The number of sulfonamides is 1. The van der Waals surface area contributed by atoms with E-state index >= 15 is 0 Å². The Bertz CT molecular complexity index is 854. The second-order valence-electron chi connectivity index (χ2n) is 6.99. The first-order chi connectivity index (χ1) is 12.8. The number of nitrogens with zero attached hydrogens (tertiary/aromatic N) is 2. The van der Waals surface area contributed by atoms with Gasteiger partial charge in [-0.2, -0.15) is 0 Å². The van der Waals surface area contributed by atoms with E-state index in [9.17, 15) is 13.2 Å². The fourth-order valence-electron chi connectivity index (χ4n) is 3.23. The third kappa shape index (κ3) is 5.09. The topological polar surface area (TPSA) is 69.7 Å². The number of anilines is 1. The highest BCUT2D eigenvalue weighted by Crippen LogP contribution is 2.21. The Labute approximate surface area is 164 Å². The molecule has 0 bridgehead atoms. The van der Waals surface area contributed by atoms with Gasteiger partial charge in [-0.1, -0.05) is 18.2 Å². The molecule has 0 atom stereocenters. The highest BCUT2D eigenvalue weighted by atomic mass is 32.2. The summed E-state index contributed by atoms with van der Waals surface area (Å²) in [6, 6.07) is 10.8. The second kappa shape index (κ2) is 8.41. The van der Waals surface area contributed by atoms with E-state index in [4.69, 9.17) is 0 Å². The van der Waals surface area contributed by atoms with Gasteiger partial charge < -0.3 is 9.80 Å². The van der Waals surface area contributed by atoms with Crippen molar-refractivity contribution in [3.63, 3.8) is 0 Å². The summed E-state index contributed by atoms with van der Waals surface area (Å²) in [6.07, 6.45) is 2.34. The number of thiophene rings is 1. The number of nitrogens with one attached hydrogen (secondary N) is 1.